The number of benzene rings is 1. The fraction of sp³-hybridized carbons (Fsp3) is 0.316. The van der Waals surface area contributed by atoms with Gasteiger partial charge in [-0.2, -0.15) is 5.10 Å². The van der Waals surface area contributed by atoms with Crippen LogP contribution >= 0.6 is 23.6 Å². The van der Waals surface area contributed by atoms with E-state index in [-0.39, 0.29) is 24.2 Å². The van der Waals surface area contributed by atoms with E-state index in [2.05, 4.69) is 15.5 Å². The molecule has 2 N–H and O–H groups in total. The van der Waals surface area contributed by atoms with Gasteiger partial charge in [-0.25, -0.2) is 4.39 Å². The number of aromatic nitrogens is 3. The van der Waals surface area contributed by atoms with Gasteiger partial charge in [-0.1, -0.05) is 18.2 Å². The predicted octanol–water partition coefficient (Wildman–Crippen LogP) is 3.62. The molecular weight excluding hydrogens is 397 g/mol. The highest BCUT2D eigenvalue weighted by Gasteiger charge is 2.16. The van der Waals surface area contributed by atoms with Crippen LogP contribution in [0.2, 0.25) is 0 Å². The van der Waals surface area contributed by atoms with E-state index in [1.807, 2.05) is 47.1 Å². The van der Waals surface area contributed by atoms with Crippen molar-refractivity contribution in [2.75, 3.05) is 20.6 Å². The van der Waals surface area contributed by atoms with Crippen molar-refractivity contribution in [1.29, 1.82) is 0 Å². The molecule has 0 bridgehead atoms. The van der Waals surface area contributed by atoms with Crippen LogP contribution in [0.1, 0.15) is 18.0 Å². The molecule has 0 aliphatic carbocycles. The number of likely N-dealkylation sites (N-methyl/N-ethyl adjacent to an activating group) is 1. The molecule has 0 saturated heterocycles. The van der Waals surface area contributed by atoms with Crippen molar-refractivity contribution < 1.29 is 9.18 Å². The molecule has 0 aliphatic heterocycles. The number of hydrogen-bond acceptors (Lipinski definition) is 5. The molecule has 0 fully saturated rings. The Morgan fingerprint density at radius 2 is 2.21 bits per heavy atom. The molecule has 2 aromatic heterocycles. The van der Waals surface area contributed by atoms with Crippen molar-refractivity contribution in [2.24, 2.45) is 0 Å². The molecule has 1 atom stereocenters. The van der Waals surface area contributed by atoms with Crippen LogP contribution < -0.4 is 5.32 Å². The third kappa shape index (κ3) is 4.92. The normalized spacial score (nSPS) is 12.3. The molecule has 6 nitrogen and oxygen atoms in total. The van der Waals surface area contributed by atoms with Crippen LogP contribution in [-0.2, 0) is 11.3 Å². The summed E-state index contributed by atoms with van der Waals surface area (Å²) in [5, 5.41) is 12.0. The monoisotopic (exact) mass is 419 g/mol. The summed E-state index contributed by atoms with van der Waals surface area (Å²) in [5.74, 6) is 0.355. The van der Waals surface area contributed by atoms with E-state index >= 15 is 0 Å². The number of aromatic amines is 1. The minimum atomic E-state index is -0.286. The van der Waals surface area contributed by atoms with Crippen LogP contribution in [0.15, 0.2) is 41.8 Å². The second-order valence-electron chi connectivity index (χ2n) is 6.57. The lowest BCUT2D eigenvalue weighted by atomic mass is 10.1. The summed E-state index contributed by atoms with van der Waals surface area (Å²) in [4.78, 5) is 15.3. The number of halogens is 1. The zero-order chi connectivity index (χ0) is 20.1. The highest BCUT2D eigenvalue weighted by Crippen LogP contribution is 2.23. The predicted molar refractivity (Wildman–Crippen MR) is 111 cm³/mol. The molecule has 28 heavy (non-hydrogen) atoms. The van der Waals surface area contributed by atoms with Gasteiger partial charge in [-0.3, -0.25) is 14.5 Å². The molecule has 3 aromatic rings. The van der Waals surface area contributed by atoms with E-state index < -0.39 is 0 Å². The molecule has 0 aliphatic rings. The van der Waals surface area contributed by atoms with E-state index in [0.717, 1.165) is 16.3 Å². The number of carbonyl (C=O) groups excluding carboxylic acids is 1. The van der Waals surface area contributed by atoms with E-state index in [9.17, 15) is 9.18 Å². The molecule has 1 amide bonds. The standard InChI is InChI=1S/C19H22FN5OS2/c1-24(2)15(13-5-3-6-14(20)11-13)12-21-17(26)8-9-25-18(22-23-19(25)27)16-7-4-10-28-16/h3-7,10-11,15H,8-9,12H2,1-2H3,(H,21,26)(H,23,27). The van der Waals surface area contributed by atoms with E-state index in [1.54, 1.807) is 17.4 Å². The third-order valence-corrected chi connectivity index (χ3v) is 5.59. The largest absolute Gasteiger partial charge is 0.354 e. The van der Waals surface area contributed by atoms with Crippen LogP contribution in [0.3, 0.4) is 0 Å². The summed E-state index contributed by atoms with van der Waals surface area (Å²) < 4.78 is 15.9. The first-order valence-corrected chi connectivity index (χ1v) is 10.1. The highest BCUT2D eigenvalue weighted by molar-refractivity contribution is 7.71. The first-order chi connectivity index (χ1) is 13.5. The maximum Gasteiger partial charge on any atom is 0.221 e. The van der Waals surface area contributed by atoms with Crippen molar-refractivity contribution >= 4 is 29.5 Å². The van der Waals surface area contributed by atoms with Gasteiger partial charge in [0.2, 0.25) is 5.91 Å². The Morgan fingerprint density at radius 1 is 1.39 bits per heavy atom. The van der Waals surface area contributed by atoms with Crippen LogP contribution in [0.4, 0.5) is 4.39 Å². The van der Waals surface area contributed by atoms with Gasteiger partial charge in [0, 0.05) is 19.5 Å². The molecular formula is C19H22FN5OS2. The van der Waals surface area contributed by atoms with Crippen LogP contribution in [0, 0.1) is 10.6 Å². The van der Waals surface area contributed by atoms with Gasteiger partial charge < -0.3 is 10.2 Å². The summed E-state index contributed by atoms with van der Waals surface area (Å²) >= 11 is 6.86. The molecule has 1 unspecified atom stereocenters. The number of rotatable bonds is 8. The molecule has 2 heterocycles. The molecule has 3 rings (SSSR count). The number of thiophene rings is 1. The maximum atomic E-state index is 13.5. The van der Waals surface area contributed by atoms with Gasteiger partial charge in [0.15, 0.2) is 10.6 Å². The van der Waals surface area contributed by atoms with Crippen molar-refractivity contribution in [3.8, 4) is 10.7 Å². The number of H-pyrrole nitrogens is 1. The van der Waals surface area contributed by atoms with Gasteiger partial charge in [0.25, 0.3) is 0 Å². The number of carbonyl (C=O) groups is 1. The van der Waals surface area contributed by atoms with Crippen LogP contribution in [-0.4, -0.2) is 46.2 Å². The minimum absolute atomic E-state index is 0.0940. The average molecular weight is 420 g/mol. The van der Waals surface area contributed by atoms with Gasteiger partial charge in [0.05, 0.1) is 10.9 Å². The van der Waals surface area contributed by atoms with Gasteiger partial charge in [-0.15, -0.1) is 11.3 Å². The SMILES string of the molecule is CN(C)C(CNC(=O)CCn1c(-c2cccs2)n[nH]c1=S)c1cccc(F)c1. The second kappa shape index (κ2) is 9.22. The van der Waals surface area contributed by atoms with E-state index in [4.69, 9.17) is 12.2 Å². The molecule has 9 heteroatoms. The molecule has 0 saturated carbocycles. The van der Waals surface area contributed by atoms with Crippen molar-refractivity contribution in [3.63, 3.8) is 0 Å². The Morgan fingerprint density at radius 3 is 2.89 bits per heavy atom. The number of nitrogens with zero attached hydrogens (tertiary/aromatic N) is 3. The summed E-state index contributed by atoms with van der Waals surface area (Å²) in [6.07, 6.45) is 0.273. The Labute approximate surface area is 172 Å². The fourth-order valence-electron chi connectivity index (χ4n) is 2.94. The Kier molecular flexibility index (Phi) is 6.71. The number of hydrogen-bond donors (Lipinski definition) is 2. The molecule has 0 radical (unpaired) electrons. The molecule has 0 spiro atoms. The summed E-state index contributed by atoms with van der Waals surface area (Å²) in [5.41, 5.74) is 0.822. The first kappa shape index (κ1) is 20.4. The topological polar surface area (TPSA) is 66.0 Å². The van der Waals surface area contributed by atoms with Crippen LogP contribution in [0.25, 0.3) is 10.7 Å². The Balaban J connectivity index is 1.60. The summed E-state index contributed by atoms with van der Waals surface area (Å²) in [6, 6.07) is 10.2. The Hall–Kier alpha value is -2.36. The zero-order valence-corrected chi connectivity index (χ0v) is 17.3. The van der Waals surface area contributed by atoms with Crippen molar-refractivity contribution in [1.82, 2.24) is 25.0 Å². The van der Waals surface area contributed by atoms with Gasteiger partial charge >= 0.3 is 0 Å². The fourth-order valence-corrected chi connectivity index (χ4v) is 3.89. The summed E-state index contributed by atoms with van der Waals surface area (Å²) in [7, 11) is 3.81. The minimum Gasteiger partial charge on any atom is -0.354 e. The smallest absolute Gasteiger partial charge is 0.221 e. The molecule has 148 valence electrons. The van der Waals surface area contributed by atoms with E-state index in [0.29, 0.717) is 17.9 Å². The quantitative estimate of drug-likeness (QED) is 0.548. The highest BCUT2D eigenvalue weighted by atomic mass is 32.1. The lowest BCUT2D eigenvalue weighted by Crippen LogP contribution is -2.35. The van der Waals surface area contributed by atoms with E-state index in [1.165, 1.54) is 12.1 Å². The second-order valence-corrected chi connectivity index (χ2v) is 7.90. The lowest BCUT2D eigenvalue weighted by Gasteiger charge is -2.25. The first-order valence-electron chi connectivity index (χ1n) is 8.83. The molecule has 1 aromatic carbocycles. The summed E-state index contributed by atoms with van der Waals surface area (Å²) in [6.45, 7) is 0.824. The van der Waals surface area contributed by atoms with Gasteiger partial charge in [0.1, 0.15) is 5.82 Å². The third-order valence-electron chi connectivity index (χ3n) is 4.41. The number of amides is 1. The van der Waals surface area contributed by atoms with Crippen LogP contribution in [0.5, 0.6) is 0 Å². The van der Waals surface area contributed by atoms with Crippen molar-refractivity contribution in [2.45, 2.75) is 19.0 Å². The maximum absolute atomic E-state index is 13.5. The zero-order valence-electron chi connectivity index (χ0n) is 15.7. The average Bonchev–Trinajstić information content (AvgIpc) is 3.29. The van der Waals surface area contributed by atoms with Crippen molar-refractivity contribution in [3.05, 3.63) is 57.9 Å². The number of nitrogens with one attached hydrogen (secondary N) is 2. The lowest BCUT2D eigenvalue weighted by molar-refractivity contribution is -0.121. The van der Waals surface area contributed by atoms with Gasteiger partial charge in [-0.05, 0) is 55.5 Å². The Bertz CT molecular complexity index is 980.